The van der Waals surface area contributed by atoms with Crippen molar-refractivity contribution in [1.29, 1.82) is 0 Å². The first kappa shape index (κ1) is 15.9. The minimum absolute atomic E-state index is 0.0947. The maximum absolute atomic E-state index is 11.5. The van der Waals surface area contributed by atoms with E-state index in [-0.39, 0.29) is 32.3 Å². The quantitative estimate of drug-likeness (QED) is 0.827. The Morgan fingerprint density at radius 3 is 2.43 bits per heavy atom. The average molecular weight is 346 g/mol. The summed E-state index contributed by atoms with van der Waals surface area (Å²) in [5.74, 6) is -0.427. The van der Waals surface area contributed by atoms with Gasteiger partial charge in [0.1, 0.15) is 5.75 Å². The molecule has 7 heteroatoms. The van der Waals surface area contributed by atoms with Crippen LogP contribution < -0.4 is 5.32 Å². The largest absolute Gasteiger partial charge is 0.507 e. The van der Waals surface area contributed by atoms with Gasteiger partial charge in [-0.15, -0.1) is 0 Å². The molecule has 0 spiro atoms. The number of aromatic hydroxyl groups is 1. The molecular formula is C14H11Cl3N2O2. The van der Waals surface area contributed by atoms with Crippen molar-refractivity contribution in [3.8, 4) is 5.75 Å². The number of hydrogen-bond acceptors (Lipinski definition) is 3. The van der Waals surface area contributed by atoms with E-state index < -0.39 is 6.04 Å². The number of benzene rings is 1. The maximum Gasteiger partial charge on any atom is 0.217 e. The van der Waals surface area contributed by atoms with Crippen LogP contribution in [0.1, 0.15) is 24.1 Å². The Balaban J connectivity index is 2.63. The number of phenols is 1. The lowest BCUT2D eigenvalue weighted by molar-refractivity contribution is -0.119. The van der Waals surface area contributed by atoms with Crippen LogP contribution in [-0.4, -0.2) is 16.0 Å². The van der Waals surface area contributed by atoms with Gasteiger partial charge in [0.2, 0.25) is 5.91 Å². The predicted octanol–water partition coefficient (Wildman–Crippen LogP) is 3.97. The number of aromatic nitrogens is 1. The van der Waals surface area contributed by atoms with E-state index in [1.165, 1.54) is 13.0 Å². The zero-order chi connectivity index (χ0) is 15.6. The van der Waals surface area contributed by atoms with Crippen LogP contribution in [0.25, 0.3) is 0 Å². The molecular weight excluding hydrogens is 335 g/mol. The van der Waals surface area contributed by atoms with Crippen molar-refractivity contribution in [2.24, 2.45) is 0 Å². The van der Waals surface area contributed by atoms with E-state index >= 15 is 0 Å². The van der Waals surface area contributed by atoms with Gasteiger partial charge in [-0.3, -0.25) is 9.78 Å². The van der Waals surface area contributed by atoms with E-state index in [0.717, 1.165) is 0 Å². The second-order valence-corrected chi connectivity index (χ2v) is 5.50. The fourth-order valence-corrected chi connectivity index (χ4v) is 2.66. The number of rotatable bonds is 3. The summed E-state index contributed by atoms with van der Waals surface area (Å²) in [6.45, 7) is 1.37. The molecule has 21 heavy (non-hydrogen) atoms. The van der Waals surface area contributed by atoms with Crippen molar-refractivity contribution >= 4 is 40.7 Å². The van der Waals surface area contributed by atoms with Gasteiger partial charge in [0, 0.05) is 30.9 Å². The summed E-state index contributed by atoms with van der Waals surface area (Å²) in [6.07, 6.45) is 3.15. The fourth-order valence-electron chi connectivity index (χ4n) is 1.95. The van der Waals surface area contributed by atoms with Crippen molar-refractivity contribution in [3.63, 3.8) is 0 Å². The summed E-state index contributed by atoms with van der Waals surface area (Å²) in [5.41, 5.74) is 0.989. The van der Waals surface area contributed by atoms with Crippen LogP contribution in [0.3, 0.4) is 0 Å². The smallest absolute Gasteiger partial charge is 0.217 e. The molecule has 0 saturated carbocycles. The standard InChI is InChI=1S/C14H11Cl3N2O2/c1-7(20)19-14(8-2-4-18-5-3-8)11-10(21)6-9(15)12(16)13(11)17/h2-6,14,21H,1H3,(H,19,20). The van der Waals surface area contributed by atoms with Crippen LogP contribution in [0, 0.1) is 0 Å². The maximum atomic E-state index is 11.5. The number of nitrogens with one attached hydrogen (secondary N) is 1. The summed E-state index contributed by atoms with van der Waals surface area (Å²) in [5, 5.41) is 13.2. The Hall–Kier alpha value is -1.49. The first-order chi connectivity index (χ1) is 9.91. The number of carbonyl (C=O) groups excluding carboxylic acids is 1. The van der Waals surface area contributed by atoms with E-state index in [0.29, 0.717) is 5.56 Å². The Morgan fingerprint density at radius 1 is 1.24 bits per heavy atom. The van der Waals surface area contributed by atoms with E-state index in [1.807, 2.05) is 0 Å². The molecule has 0 fully saturated rings. The number of amides is 1. The third-order valence-electron chi connectivity index (χ3n) is 2.85. The molecule has 1 aromatic heterocycles. The highest BCUT2D eigenvalue weighted by Gasteiger charge is 2.24. The van der Waals surface area contributed by atoms with Crippen molar-refractivity contribution in [2.45, 2.75) is 13.0 Å². The van der Waals surface area contributed by atoms with Gasteiger partial charge in [0.15, 0.2) is 0 Å². The molecule has 1 heterocycles. The van der Waals surface area contributed by atoms with Crippen molar-refractivity contribution in [3.05, 3.63) is 56.8 Å². The van der Waals surface area contributed by atoms with Crippen LogP contribution in [0.5, 0.6) is 5.75 Å². The lowest BCUT2D eigenvalue weighted by Gasteiger charge is -2.22. The van der Waals surface area contributed by atoms with Crippen molar-refractivity contribution in [2.75, 3.05) is 0 Å². The Morgan fingerprint density at radius 2 is 1.86 bits per heavy atom. The van der Waals surface area contributed by atoms with Gasteiger partial charge in [-0.05, 0) is 17.7 Å². The highest BCUT2D eigenvalue weighted by Crippen LogP contribution is 2.42. The molecule has 0 aliphatic heterocycles. The number of carbonyl (C=O) groups is 1. The summed E-state index contributed by atoms with van der Waals surface area (Å²) >= 11 is 18.1. The molecule has 0 saturated heterocycles. The SMILES string of the molecule is CC(=O)NC(c1ccncc1)c1c(O)cc(Cl)c(Cl)c1Cl. The lowest BCUT2D eigenvalue weighted by atomic mass is 9.98. The fraction of sp³-hybridized carbons (Fsp3) is 0.143. The molecule has 0 radical (unpaired) electrons. The van der Waals surface area contributed by atoms with Gasteiger partial charge in [-0.1, -0.05) is 34.8 Å². The van der Waals surface area contributed by atoms with Gasteiger partial charge in [0.05, 0.1) is 21.1 Å². The minimum Gasteiger partial charge on any atom is -0.507 e. The predicted molar refractivity (Wildman–Crippen MR) is 83.0 cm³/mol. The summed E-state index contributed by atoms with van der Waals surface area (Å²) < 4.78 is 0. The van der Waals surface area contributed by atoms with Crippen LogP contribution in [0.4, 0.5) is 0 Å². The Labute approximate surface area is 136 Å². The van der Waals surface area contributed by atoms with Crippen LogP contribution in [0.2, 0.25) is 15.1 Å². The average Bonchev–Trinajstić information content (AvgIpc) is 2.44. The minimum atomic E-state index is -0.659. The van der Waals surface area contributed by atoms with Crippen LogP contribution in [-0.2, 0) is 4.79 Å². The second kappa shape index (κ2) is 6.52. The second-order valence-electron chi connectivity index (χ2n) is 4.33. The lowest BCUT2D eigenvalue weighted by Crippen LogP contribution is -2.27. The number of halogens is 3. The number of pyridine rings is 1. The normalized spacial score (nSPS) is 12.0. The van der Waals surface area contributed by atoms with E-state index in [9.17, 15) is 9.90 Å². The van der Waals surface area contributed by atoms with Gasteiger partial charge < -0.3 is 10.4 Å². The Bertz CT molecular complexity index is 678. The molecule has 2 rings (SSSR count). The monoisotopic (exact) mass is 344 g/mol. The third kappa shape index (κ3) is 3.40. The van der Waals surface area contributed by atoms with Crippen LogP contribution in [0.15, 0.2) is 30.6 Å². The van der Waals surface area contributed by atoms with E-state index in [4.69, 9.17) is 34.8 Å². The molecule has 0 bridgehead atoms. The van der Waals surface area contributed by atoms with Crippen molar-refractivity contribution < 1.29 is 9.90 Å². The number of hydrogen-bond donors (Lipinski definition) is 2. The molecule has 0 aliphatic carbocycles. The third-order valence-corrected chi connectivity index (χ3v) is 4.13. The number of phenolic OH excluding ortho intramolecular Hbond substituents is 1. The first-order valence-electron chi connectivity index (χ1n) is 5.95. The molecule has 4 nitrogen and oxygen atoms in total. The van der Waals surface area contributed by atoms with E-state index in [2.05, 4.69) is 10.3 Å². The molecule has 2 N–H and O–H groups in total. The topological polar surface area (TPSA) is 62.2 Å². The molecule has 1 atom stereocenters. The highest BCUT2D eigenvalue weighted by atomic mass is 35.5. The summed E-state index contributed by atoms with van der Waals surface area (Å²) in [7, 11) is 0. The van der Waals surface area contributed by atoms with Gasteiger partial charge in [0.25, 0.3) is 0 Å². The van der Waals surface area contributed by atoms with Gasteiger partial charge in [-0.25, -0.2) is 0 Å². The summed E-state index contributed by atoms with van der Waals surface area (Å²) in [6, 6.07) is 4.05. The van der Waals surface area contributed by atoms with Gasteiger partial charge in [-0.2, -0.15) is 0 Å². The Kier molecular flexibility index (Phi) is 4.93. The van der Waals surface area contributed by atoms with Gasteiger partial charge >= 0.3 is 0 Å². The zero-order valence-electron chi connectivity index (χ0n) is 10.9. The zero-order valence-corrected chi connectivity index (χ0v) is 13.2. The van der Waals surface area contributed by atoms with Crippen molar-refractivity contribution in [1.82, 2.24) is 10.3 Å². The molecule has 1 unspecified atom stereocenters. The highest BCUT2D eigenvalue weighted by molar-refractivity contribution is 6.48. The van der Waals surface area contributed by atoms with Crippen LogP contribution >= 0.6 is 34.8 Å². The molecule has 110 valence electrons. The van der Waals surface area contributed by atoms with E-state index in [1.54, 1.807) is 24.5 Å². The number of nitrogens with zero attached hydrogens (tertiary/aromatic N) is 1. The molecule has 1 aromatic carbocycles. The summed E-state index contributed by atoms with van der Waals surface area (Å²) in [4.78, 5) is 15.4. The molecule has 0 aliphatic rings. The molecule has 1 amide bonds. The first-order valence-corrected chi connectivity index (χ1v) is 7.08. The molecule has 2 aromatic rings.